The number of ether oxygens (including phenoxy) is 2. The smallest absolute Gasteiger partial charge is 0.219 e. The zero-order valence-corrected chi connectivity index (χ0v) is 19.8. The summed E-state index contributed by atoms with van der Waals surface area (Å²) in [6.45, 7) is 3.95. The van der Waals surface area contributed by atoms with Crippen LogP contribution in [0.1, 0.15) is 62.2 Å². The number of hydrogen-bond acceptors (Lipinski definition) is 6. The summed E-state index contributed by atoms with van der Waals surface area (Å²) in [6.07, 6.45) is 4.99. The summed E-state index contributed by atoms with van der Waals surface area (Å²) in [5, 5.41) is 0.0240. The molecule has 5 nitrogen and oxygen atoms in total. The van der Waals surface area contributed by atoms with Gasteiger partial charge in [0, 0.05) is 21.4 Å². The van der Waals surface area contributed by atoms with Gasteiger partial charge in [0.05, 0.1) is 25.3 Å². The summed E-state index contributed by atoms with van der Waals surface area (Å²) in [5.74, 6) is -0.106. The Bertz CT molecular complexity index is 1130. The van der Waals surface area contributed by atoms with Gasteiger partial charge < -0.3 is 9.47 Å². The average molecular weight is 471 g/mol. The molecule has 1 aliphatic carbocycles. The van der Waals surface area contributed by atoms with E-state index in [0.29, 0.717) is 22.6 Å². The molecule has 0 saturated heterocycles. The Balaban J connectivity index is 2.14. The largest absolute Gasteiger partial charge is 0.496 e. The normalized spacial score (nSPS) is 13.4. The second kappa shape index (κ2) is 10.2. The first-order chi connectivity index (χ1) is 15.3. The number of carbonyl (C=O) groups is 3. The van der Waals surface area contributed by atoms with Crippen LogP contribution in [-0.2, 0) is 0 Å². The number of thioether (sulfide) groups is 1. The molecule has 0 bridgehead atoms. The first kappa shape index (κ1) is 23.8. The van der Waals surface area contributed by atoms with Crippen LogP contribution in [0.2, 0.25) is 5.02 Å². The Morgan fingerprint density at radius 3 is 2.22 bits per heavy atom. The number of ketones is 2. The van der Waals surface area contributed by atoms with E-state index in [1.165, 1.54) is 26.4 Å². The third-order valence-electron chi connectivity index (χ3n) is 4.99. The molecule has 2 aromatic rings. The number of benzene rings is 2. The highest BCUT2D eigenvalue weighted by molar-refractivity contribution is 8.14. The van der Waals surface area contributed by atoms with Gasteiger partial charge in [-0.1, -0.05) is 35.0 Å². The molecule has 7 heteroatoms. The molecule has 0 aliphatic heterocycles. The van der Waals surface area contributed by atoms with Crippen molar-refractivity contribution in [1.82, 2.24) is 0 Å². The summed E-state index contributed by atoms with van der Waals surface area (Å²) in [6, 6.07) is 8.37. The van der Waals surface area contributed by atoms with Crippen LogP contribution in [0.3, 0.4) is 0 Å². The van der Waals surface area contributed by atoms with E-state index < -0.39 is 0 Å². The monoisotopic (exact) mass is 470 g/mol. The van der Waals surface area contributed by atoms with Crippen molar-refractivity contribution >= 4 is 40.0 Å². The second-order valence-corrected chi connectivity index (χ2v) is 9.04. The molecule has 2 aromatic carbocycles. The molecule has 1 atom stereocenters. The second-order valence-electron chi connectivity index (χ2n) is 7.43. The maximum absolute atomic E-state index is 13.0. The molecule has 0 fully saturated rings. The van der Waals surface area contributed by atoms with Crippen molar-refractivity contribution in [3.8, 4) is 11.5 Å². The maximum atomic E-state index is 13.0. The van der Waals surface area contributed by atoms with Gasteiger partial charge in [-0.3, -0.25) is 14.4 Å². The Morgan fingerprint density at radius 1 is 1.03 bits per heavy atom. The van der Waals surface area contributed by atoms with E-state index in [-0.39, 0.29) is 44.6 Å². The predicted octanol–water partition coefficient (Wildman–Crippen LogP) is 6.26. The molecular weight excluding hydrogens is 448 g/mol. The van der Waals surface area contributed by atoms with Gasteiger partial charge in [0.1, 0.15) is 11.5 Å². The van der Waals surface area contributed by atoms with Gasteiger partial charge in [0.25, 0.3) is 0 Å². The van der Waals surface area contributed by atoms with Crippen molar-refractivity contribution < 1.29 is 23.9 Å². The molecule has 0 spiro atoms. The van der Waals surface area contributed by atoms with Crippen LogP contribution in [0.25, 0.3) is 0 Å². The summed E-state index contributed by atoms with van der Waals surface area (Å²) in [7, 11) is 2.89. The number of fused-ring (bicyclic) bond motifs is 1. The van der Waals surface area contributed by atoms with Crippen molar-refractivity contribution in [2.75, 3.05) is 14.2 Å². The number of halogens is 1. The third-order valence-corrected chi connectivity index (χ3v) is 6.42. The summed E-state index contributed by atoms with van der Waals surface area (Å²) < 4.78 is 11.1. The topological polar surface area (TPSA) is 69.7 Å². The van der Waals surface area contributed by atoms with Gasteiger partial charge >= 0.3 is 0 Å². The summed E-state index contributed by atoms with van der Waals surface area (Å²) in [5.41, 5.74) is 2.56. The fraction of sp³-hybridized carbons (Fsp3) is 0.240. The van der Waals surface area contributed by atoms with Crippen LogP contribution in [0.15, 0.2) is 54.1 Å². The van der Waals surface area contributed by atoms with Crippen LogP contribution < -0.4 is 9.47 Å². The number of carbonyl (C=O) groups excluding carboxylic acids is 3. The van der Waals surface area contributed by atoms with Crippen LogP contribution in [0.5, 0.6) is 11.5 Å². The molecule has 1 aliphatic rings. The van der Waals surface area contributed by atoms with Gasteiger partial charge in [-0.2, -0.15) is 0 Å². The highest BCUT2D eigenvalue weighted by Gasteiger charge is 2.32. The van der Waals surface area contributed by atoms with Crippen LogP contribution in [-0.4, -0.2) is 30.9 Å². The van der Waals surface area contributed by atoms with Crippen molar-refractivity contribution in [2.24, 2.45) is 0 Å². The minimum absolute atomic E-state index is 0.144. The Labute approximate surface area is 196 Å². The van der Waals surface area contributed by atoms with E-state index >= 15 is 0 Å². The van der Waals surface area contributed by atoms with Crippen molar-refractivity contribution in [3.05, 3.63) is 81.4 Å². The van der Waals surface area contributed by atoms with E-state index in [4.69, 9.17) is 21.1 Å². The molecule has 1 unspecified atom stereocenters. The van der Waals surface area contributed by atoms with Crippen molar-refractivity contribution in [1.29, 1.82) is 0 Å². The Kier molecular flexibility index (Phi) is 7.59. The zero-order valence-electron chi connectivity index (χ0n) is 18.2. The molecule has 3 rings (SSSR count). The standard InChI is InChI=1S/C25H23ClO5S/c1-14(2)5-12-21(32-25(29)15-6-8-16(26)9-7-15)17-13-20(30-3)22-18(27)10-11-19(28)23(22)24(17)31-4/h5-11,13,21H,12H2,1-4H3. The highest BCUT2D eigenvalue weighted by atomic mass is 35.5. The van der Waals surface area contributed by atoms with E-state index in [1.807, 2.05) is 19.9 Å². The third kappa shape index (κ3) is 4.97. The van der Waals surface area contributed by atoms with Gasteiger partial charge in [-0.15, -0.1) is 0 Å². The fourth-order valence-corrected chi connectivity index (χ4v) is 4.59. The molecular formula is C25H23ClO5S. The lowest BCUT2D eigenvalue weighted by molar-refractivity contribution is 0.0988. The number of methoxy groups -OCH3 is 2. The van der Waals surface area contributed by atoms with E-state index in [1.54, 1.807) is 30.3 Å². The maximum Gasteiger partial charge on any atom is 0.219 e. The average Bonchev–Trinajstić information content (AvgIpc) is 2.78. The molecule has 0 amide bonds. The lowest BCUT2D eigenvalue weighted by Gasteiger charge is -2.24. The zero-order chi connectivity index (χ0) is 23.4. The molecule has 0 aromatic heterocycles. The molecule has 32 heavy (non-hydrogen) atoms. The number of allylic oxidation sites excluding steroid dienone is 4. The number of rotatable bonds is 7. The minimum Gasteiger partial charge on any atom is -0.496 e. The van der Waals surface area contributed by atoms with E-state index in [9.17, 15) is 14.4 Å². The van der Waals surface area contributed by atoms with Crippen molar-refractivity contribution in [3.63, 3.8) is 0 Å². The minimum atomic E-state index is -0.379. The molecule has 166 valence electrons. The fourth-order valence-electron chi connectivity index (χ4n) is 3.44. The van der Waals surface area contributed by atoms with Crippen LogP contribution in [0.4, 0.5) is 0 Å². The van der Waals surface area contributed by atoms with Gasteiger partial charge in [0.2, 0.25) is 5.12 Å². The molecule has 0 radical (unpaired) electrons. The SMILES string of the molecule is COc1cc(C(CC=C(C)C)SC(=O)c2ccc(Cl)cc2)c(OC)c2c1C(=O)C=CC2=O. The van der Waals surface area contributed by atoms with Gasteiger partial charge in [-0.25, -0.2) is 0 Å². The quantitative estimate of drug-likeness (QED) is 0.444. The van der Waals surface area contributed by atoms with E-state index in [2.05, 4.69) is 0 Å². The van der Waals surface area contributed by atoms with Gasteiger partial charge in [0.15, 0.2) is 11.6 Å². The lowest BCUT2D eigenvalue weighted by Crippen LogP contribution is -2.17. The molecule has 0 saturated carbocycles. The van der Waals surface area contributed by atoms with E-state index in [0.717, 1.165) is 17.3 Å². The van der Waals surface area contributed by atoms with Gasteiger partial charge in [-0.05, 0) is 62.8 Å². The molecule has 0 heterocycles. The van der Waals surface area contributed by atoms with Crippen LogP contribution >= 0.6 is 23.4 Å². The molecule has 0 N–H and O–H groups in total. The predicted molar refractivity (Wildman–Crippen MR) is 128 cm³/mol. The lowest BCUT2D eigenvalue weighted by atomic mass is 9.89. The first-order valence-electron chi connectivity index (χ1n) is 9.92. The summed E-state index contributed by atoms with van der Waals surface area (Å²) >= 11 is 7.07. The summed E-state index contributed by atoms with van der Waals surface area (Å²) in [4.78, 5) is 38.3. The first-order valence-corrected chi connectivity index (χ1v) is 11.2. The van der Waals surface area contributed by atoms with Crippen LogP contribution in [0, 0.1) is 0 Å². The highest BCUT2D eigenvalue weighted by Crippen LogP contribution is 2.46. The number of hydrogen-bond donors (Lipinski definition) is 0. The van der Waals surface area contributed by atoms with Crippen molar-refractivity contribution in [2.45, 2.75) is 25.5 Å². The Morgan fingerprint density at radius 2 is 1.66 bits per heavy atom. The Hall–Kier alpha value is -2.83.